The first-order chi connectivity index (χ1) is 14.5. The van der Waals surface area contributed by atoms with Gasteiger partial charge < -0.3 is 9.47 Å². The summed E-state index contributed by atoms with van der Waals surface area (Å²) in [6, 6.07) is 13.5. The van der Waals surface area contributed by atoms with Crippen molar-refractivity contribution in [2.24, 2.45) is 0 Å². The quantitative estimate of drug-likeness (QED) is 0.488. The molecule has 160 valence electrons. The van der Waals surface area contributed by atoms with E-state index in [1.54, 1.807) is 25.6 Å². The highest BCUT2D eigenvalue weighted by Crippen LogP contribution is 2.34. The van der Waals surface area contributed by atoms with Gasteiger partial charge >= 0.3 is 0 Å². The number of aromatic nitrogens is 1. The van der Waals surface area contributed by atoms with E-state index in [1.807, 2.05) is 54.8 Å². The predicted octanol–water partition coefficient (Wildman–Crippen LogP) is 4.71. The number of rotatable bonds is 10. The van der Waals surface area contributed by atoms with E-state index in [-0.39, 0.29) is 5.75 Å². The molecule has 1 N–H and O–H groups in total. The molecular weight excluding hydrogens is 420 g/mol. The molecule has 0 aliphatic carbocycles. The van der Waals surface area contributed by atoms with E-state index in [0.717, 1.165) is 33.8 Å². The molecule has 0 aliphatic heterocycles. The highest BCUT2D eigenvalue weighted by molar-refractivity contribution is 7.89. The van der Waals surface area contributed by atoms with Crippen molar-refractivity contribution in [3.8, 4) is 33.3 Å². The topological polar surface area (TPSA) is 77.5 Å². The van der Waals surface area contributed by atoms with Gasteiger partial charge in [-0.3, -0.25) is 0 Å². The maximum Gasteiger partial charge on any atom is 0.211 e. The average Bonchev–Trinajstić information content (AvgIpc) is 3.26. The number of benzene rings is 2. The lowest BCUT2D eigenvalue weighted by atomic mass is 10.1. The minimum Gasteiger partial charge on any atom is -0.493 e. The average molecular weight is 447 g/mol. The van der Waals surface area contributed by atoms with Crippen LogP contribution in [0.4, 0.5) is 0 Å². The molecule has 2 aromatic carbocycles. The van der Waals surface area contributed by atoms with Gasteiger partial charge in [-0.2, -0.15) is 0 Å². The van der Waals surface area contributed by atoms with Crippen LogP contribution in [0.2, 0.25) is 0 Å². The zero-order valence-electron chi connectivity index (χ0n) is 17.3. The maximum atomic E-state index is 11.9. The van der Waals surface area contributed by atoms with E-state index < -0.39 is 10.0 Å². The Bertz CT molecular complexity index is 1080. The van der Waals surface area contributed by atoms with Gasteiger partial charge in [-0.1, -0.05) is 37.6 Å². The van der Waals surface area contributed by atoms with Crippen molar-refractivity contribution in [2.75, 3.05) is 20.0 Å². The zero-order chi connectivity index (χ0) is 21.6. The van der Waals surface area contributed by atoms with Crippen LogP contribution in [-0.2, 0) is 16.6 Å². The van der Waals surface area contributed by atoms with Crippen LogP contribution in [0.5, 0.6) is 11.5 Å². The van der Waals surface area contributed by atoms with E-state index in [9.17, 15) is 8.42 Å². The Kier molecular flexibility index (Phi) is 7.47. The standard InChI is InChI=1S/C22H26N2O4S2/c1-4-5-12-30(25,26)23-14-16-6-8-17(9-7-16)22-24-19(15-29-22)18-10-11-20(27-2)21(13-18)28-3/h6-11,13,15,23H,4-5,12,14H2,1-3H3. The SMILES string of the molecule is CCCCS(=O)(=O)NCc1ccc(-c2nc(-c3ccc(OC)c(OC)c3)cs2)cc1. The van der Waals surface area contributed by atoms with Crippen LogP contribution in [0.15, 0.2) is 47.8 Å². The first-order valence-electron chi connectivity index (χ1n) is 9.70. The fraction of sp³-hybridized carbons (Fsp3) is 0.318. The Morgan fingerprint density at radius 3 is 2.37 bits per heavy atom. The molecule has 0 saturated carbocycles. The summed E-state index contributed by atoms with van der Waals surface area (Å²) in [5, 5.41) is 2.90. The molecule has 1 aromatic heterocycles. The van der Waals surface area contributed by atoms with Crippen molar-refractivity contribution < 1.29 is 17.9 Å². The summed E-state index contributed by atoms with van der Waals surface area (Å²) in [7, 11) is -0.00175. The summed E-state index contributed by atoms with van der Waals surface area (Å²) in [4.78, 5) is 4.74. The van der Waals surface area contributed by atoms with E-state index >= 15 is 0 Å². The van der Waals surface area contributed by atoms with E-state index in [0.29, 0.717) is 24.5 Å². The van der Waals surface area contributed by atoms with Crippen molar-refractivity contribution in [3.63, 3.8) is 0 Å². The summed E-state index contributed by atoms with van der Waals surface area (Å²) in [5.74, 6) is 1.51. The third kappa shape index (κ3) is 5.59. The highest BCUT2D eigenvalue weighted by Gasteiger charge is 2.12. The normalized spacial score (nSPS) is 11.4. The summed E-state index contributed by atoms with van der Waals surface area (Å²) >= 11 is 1.56. The number of ether oxygens (including phenoxy) is 2. The first-order valence-corrected chi connectivity index (χ1v) is 12.2. The van der Waals surface area contributed by atoms with Gasteiger partial charge in [0, 0.05) is 23.1 Å². The van der Waals surface area contributed by atoms with Gasteiger partial charge in [-0.25, -0.2) is 18.1 Å². The van der Waals surface area contributed by atoms with Gasteiger partial charge in [0.05, 0.1) is 25.7 Å². The number of hydrogen-bond donors (Lipinski definition) is 1. The van der Waals surface area contributed by atoms with E-state index in [4.69, 9.17) is 14.5 Å². The monoisotopic (exact) mass is 446 g/mol. The third-order valence-electron chi connectivity index (χ3n) is 4.65. The van der Waals surface area contributed by atoms with Crippen LogP contribution in [-0.4, -0.2) is 33.4 Å². The highest BCUT2D eigenvalue weighted by atomic mass is 32.2. The summed E-state index contributed by atoms with van der Waals surface area (Å²) in [6.45, 7) is 2.27. The van der Waals surface area contributed by atoms with Gasteiger partial charge in [0.25, 0.3) is 0 Å². The maximum absolute atomic E-state index is 11.9. The largest absolute Gasteiger partial charge is 0.493 e. The Morgan fingerprint density at radius 1 is 1.00 bits per heavy atom. The van der Waals surface area contributed by atoms with Crippen LogP contribution in [0.25, 0.3) is 21.8 Å². The molecule has 30 heavy (non-hydrogen) atoms. The predicted molar refractivity (Wildman–Crippen MR) is 122 cm³/mol. The minimum atomic E-state index is -3.22. The molecular formula is C22H26N2O4S2. The number of thiazole rings is 1. The smallest absolute Gasteiger partial charge is 0.211 e. The first kappa shape index (κ1) is 22.3. The molecule has 0 aliphatic rings. The molecule has 1 heterocycles. The van der Waals surface area contributed by atoms with Crippen LogP contribution >= 0.6 is 11.3 Å². The lowest BCUT2D eigenvalue weighted by molar-refractivity contribution is 0.355. The second-order valence-electron chi connectivity index (χ2n) is 6.80. The number of nitrogens with zero attached hydrogens (tertiary/aromatic N) is 1. The number of hydrogen-bond acceptors (Lipinski definition) is 6. The Labute approximate surface area is 181 Å². The molecule has 3 rings (SSSR count). The molecule has 0 atom stereocenters. The van der Waals surface area contributed by atoms with Gasteiger partial charge in [-0.15, -0.1) is 11.3 Å². The Hall–Kier alpha value is -2.42. The third-order valence-corrected chi connectivity index (χ3v) is 6.95. The summed E-state index contributed by atoms with van der Waals surface area (Å²) in [6.07, 6.45) is 1.52. The van der Waals surface area contributed by atoms with E-state index in [2.05, 4.69) is 4.72 Å². The number of nitrogens with one attached hydrogen (secondary N) is 1. The Balaban J connectivity index is 1.70. The fourth-order valence-electron chi connectivity index (χ4n) is 2.90. The molecule has 0 fully saturated rings. The summed E-state index contributed by atoms with van der Waals surface area (Å²) < 4.78 is 37.2. The molecule has 6 nitrogen and oxygen atoms in total. The van der Waals surface area contributed by atoms with Crippen molar-refractivity contribution in [1.29, 1.82) is 0 Å². The van der Waals surface area contributed by atoms with Crippen molar-refractivity contribution in [2.45, 2.75) is 26.3 Å². The number of unbranched alkanes of at least 4 members (excludes halogenated alkanes) is 1. The fourth-order valence-corrected chi connectivity index (χ4v) is 4.93. The minimum absolute atomic E-state index is 0.166. The molecule has 0 amide bonds. The van der Waals surface area contributed by atoms with Crippen LogP contribution < -0.4 is 14.2 Å². The Morgan fingerprint density at radius 2 is 1.70 bits per heavy atom. The lowest BCUT2D eigenvalue weighted by Gasteiger charge is -2.08. The second kappa shape index (κ2) is 10.1. The van der Waals surface area contributed by atoms with E-state index in [1.165, 1.54) is 0 Å². The van der Waals surface area contributed by atoms with Crippen LogP contribution in [0.1, 0.15) is 25.3 Å². The van der Waals surface area contributed by atoms with Gasteiger partial charge in [-0.05, 0) is 30.2 Å². The number of sulfonamides is 1. The van der Waals surface area contributed by atoms with Crippen molar-refractivity contribution in [1.82, 2.24) is 9.71 Å². The van der Waals surface area contributed by atoms with Crippen LogP contribution in [0.3, 0.4) is 0 Å². The second-order valence-corrected chi connectivity index (χ2v) is 9.58. The van der Waals surface area contributed by atoms with Crippen molar-refractivity contribution in [3.05, 3.63) is 53.4 Å². The van der Waals surface area contributed by atoms with Gasteiger partial charge in [0.2, 0.25) is 10.0 Å². The number of methoxy groups -OCH3 is 2. The molecule has 0 unspecified atom stereocenters. The molecule has 0 radical (unpaired) electrons. The molecule has 3 aromatic rings. The van der Waals surface area contributed by atoms with Gasteiger partial charge in [0.15, 0.2) is 11.5 Å². The lowest BCUT2D eigenvalue weighted by Crippen LogP contribution is -2.25. The zero-order valence-corrected chi connectivity index (χ0v) is 19.0. The molecule has 0 spiro atoms. The molecule has 0 bridgehead atoms. The van der Waals surface area contributed by atoms with Gasteiger partial charge in [0.1, 0.15) is 5.01 Å². The van der Waals surface area contributed by atoms with Crippen LogP contribution in [0, 0.1) is 0 Å². The van der Waals surface area contributed by atoms with Crippen molar-refractivity contribution >= 4 is 21.4 Å². The molecule has 8 heteroatoms. The summed E-state index contributed by atoms with van der Waals surface area (Å²) in [5.41, 5.74) is 3.72. The molecule has 0 saturated heterocycles.